The van der Waals surface area contributed by atoms with E-state index in [1.54, 1.807) is 0 Å². The second-order valence-corrected chi connectivity index (χ2v) is 7.25. The standard InChI is InChI=1S/C23H25N3O.ClH/c1-16(2)15-26-21(11-13-25)22(18-6-4-3-5-7-18)20-14-17(10-12-24)8-9-19(20)23(26)27;/h3-9,14,16H,10-11,13,15,25H2,1-2H3;1H. The summed E-state index contributed by atoms with van der Waals surface area (Å²) in [6.07, 6.45) is 0.954. The van der Waals surface area contributed by atoms with Crippen molar-refractivity contribution in [3.63, 3.8) is 0 Å². The van der Waals surface area contributed by atoms with Crippen LogP contribution in [-0.2, 0) is 19.4 Å². The number of hydrogen-bond acceptors (Lipinski definition) is 3. The molecular formula is C23H26ClN3O. The maximum atomic E-state index is 13.3. The SMILES string of the molecule is CC(C)Cn1c(CCN)c(-c2ccccc2)c2cc(CC#N)ccc2c1=O.Cl. The summed E-state index contributed by atoms with van der Waals surface area (Å²) >= 11 is 0. The van der Waals surface area contributed by atoms with Crippen molar-refractivity contribution in [2.45, 2.75) is 33.2 Å². The fourth-order valence-corrected chi connectivity index (χ4v) is 3.63. The average molecular weight is 396 g/mol. The zero-order valence-electron chi connectivity index (χ0n) is 16.3. The summed E-state index contributed by atoms with van der Waals surface area (Å²) in [7, 11) is 0. The highest BCUT2D eigenvalue weighted by Crippen LogP contribution is 2.32. The molecule has 1 heterocycles. The lowest BCUT2D eigenvalue weighted by molar-refractivity contribution is 0.499. The molecule has 3 rings (SSSR count). The van der Waals surface area contributed by atoms with Crippen LogP contribution in [0.15, 0.2) is 53.3 Å². The summed E-state index contributed by atoms with van der Waals surface area (Å²) in [5.41, 5.74) is 9.95. The van der Waals surface area contributed by atoms with E-state index in [2.05, 4.69) is 32.0 Å². The van der Waals surface area contributed by atoms with Crippen LogP contribution in [0.5, 0.6) is 0 Å². The van der Waals surface area contributed by atoms with Crippen LogP contribution in [0, 0.1) is 17.2 Å². The van der Waals surface area contributed by atoms with Crippen LogP contribution in [0.4, 0.5) is 0 Å². The van der Waals surface area contributed by atoms with E-state index >= 15 is 0 Å². The van der Waals surface area contributed by atoms with Crippen molar-refractivity contribution >= 4 is 23.2 Å². The topological polar surface area (TPSA) is 71.8 Å². The van der Waals surface area contributed by atoms with Gasteiger partial charge in [-0.2, -0.15) is 5.26 Å². The zero-order valence-corrected chi connectivity index (χ0v) is 17.1. The summed E-state index contributed by atoms with van der Waals surface area (Å²) in [5.74, 6) is 0.346. The van der Waals surface area contributed by atoms with Crippen LogP contribution >= 0.6 is 12.4 Å². The Morgan fingerprint density at radius 3 is 2.43 bits per heavy atom. The first-order valence-electron chi connectivity index (χ1n) is 9.37. The minimum absolute atomic E-state index is 0. The molecule has 0 aliphatic carbocycles. The van der Waals surface area contributed by atoms with Crippen molar-refractivity contribution in [3.05, 3.63) is 70.1 Å². The summed E-state index contributed by atoms with van der Waals surface area (Å²) in [6, 6.07) is 18.0. The molecule has 2 N–H and O–H groups in total. The summed E-state index contributed by atoms with van der Waals surface area (Å²) in [4.78, 5) is 13.3. The normalized spacial score (nSPS) is 10.7. The predicted molar refractivity (Wildman–Crippen MR) is 118 cm³/mol. The molecule has 0 saturated heterocycles. The van der Waals surface area contributed by atoms with Gasteiger partial charge in [-0.15, -0.1) is 12.4 Å². The number of nitriles is 1. The first-order chi connectivity index (χ1) is 13.1. The Hall–Kier alpha value is -2.61. The Morgan fingerprint density at radius 1 is 1.11 bits per heavy atom. The van der Waals surface area contributed by atoms with Gasteiger partial charge in [-0.3, -0.25) is 4.79 Å². The number of nitrogens with zero attached hydrogens (tertiary/aromatic N) is 2. The van der Waals surface area contributed by atoms with Crippen molar-refractivity contribution in [2.75, 3.05) is 6.54 Å². The molecule has 146 valence electrons. The molecule has 0 atom stereocenters. The van der Waals surface area contributed by atoms with Gasteiger partial charge < -0.3 is 10.3 Å². The number of fused-ring (bicyclic) bond motifs is 1. The number of halogens is 1. The molecule has 2 aromatic carbocycles. The number of hydrogen-bond donors (Lipinski definition) is 1. The second-order valence-electron chi connectivity index (χ2n) is 7.25. The van der Waals surface area contributed by atoms with Crippen molar-refractivity contribution < 1.29 is 0 Å². The third kappa shape index (κ3) is 4.27. The number of rotatable bonds is 6. The first kappa shape index (κ1) is 21.7. The molecule has 0 amide bonds. The summed E-state index contributed by atoms with van der Waals surface area (Å²) < 4.78 is 1.89. The summed E-state index contributed by atoms with van der Waals surface area (Å²) in [6.45, 7) is 5.35. The maximum Gasteiger partial charge on any atom is 0.258 e. The van der Waals surface area contributed by atoms with Gasteiger partial charge in [0.1, 0.15) is 0 Å². The zero-order chi connectivity index (χ0) is 19.4. The lowest BCUT2D eigenvalue weighted by atomic mass is 9.93. The molecule has 28 heavy (non-hydrogen) atoms. The van der Waals surface area contributed by atoms with Gasteiger partial charge in [-0.1, -0.05) is 50.2 Å². The van der Waals surface area contributed by atoms with Crippen LogP contribution in [0.2, 0.25) is 0 Å². The van der Waals surface area contributed by atoms with Crippen LogP contribution < -0.4 is 11.3 Å². The Kier molecular flexibility index (Phi) is 7.39. The molecule has 0 aliphatic rings. The Labute approximate surface area is 172 Å². The van der Waals surface area contributed by atoms with Gasteiger partial charge in [0.25, 0.3) is 5.56 Å². The van der Waals surface area contributed by atoms with Gasteiger partial charge in [-0.25, -0.2) is 0 Å². The van der Waals surface area contributed by atoms with E-state index < -0.39 is 0 Å². The smallest absolute Gasteiger partial charge is 0.258 e. The summed E-state index contributed by atoms with van der Waals surface area (Å²) in [5, 5.41) is 10.7. The Balaban J connectivity index is 0.00000280. The number of nitrogens with two attached hydrogens (primary N) is 1. The van der Waals surface area contributed by atoms with E-state index in [1.807, 2.05) is 41.0 Å². The highest BCUT2D eigenvalue weighted by Gasteiger charge is 2.18. The number of benzene rings is 2. The number of aromatic nitrogens is 1. The molecule has 0 bridgehead atoms. The fraction of sp³-hybridized carbons (Fsp3) is 0.304. The quantitative estimate of drug-likeness (QED) is 0.675. The van der Waals surface area contributed by atoms with Crippen molar-refractivity contribution in [2.24, 2.45) is 11.7 Å². The van der Waals surface area contributed by atoms with Crippen LogP contribution in [0.1, 0.15) is 25.1 Å². The molecule has 0 spiro atoms. The average Bonchev–Trinajstić information content (AvgIpc) is 2.66. The molecule has 4 nitrogen and oxygen atoms in total. The monoisotopic (exact) mass is 395 g/mol. The van der Waals surface area contributed by atoms with Gasteiger partial charge in [-0.05, 0) is 41.1 Å². The van der Waals surface area contributed by atoms with E-state index in [9.17, 15) is 4.79 Å². The third-order valence-corrected chi connectivity index (χ3v) is 4.72. The van der Waals surface area contributed by atoms with Gasteiger partial charge in [0, 0.05) is 29.6 Å². The van der Waals surface area contributed by atoms with E-state index in [0.717, 1.165) is 27.8 Å². The minimum Gasteiger partial charge on any atom is -0.330 e. The molecule has 0 fully saturated rings. The Morgan fingerprint density at radius 2 is 1.82 bits per heavy atom. The van der Waals surface area contributed by atoms with E-state index in [4.69, 9.17) is 11.0 Å². The molecule has 0 unspecified atom stereocenters. The Bertz CT molecular complexity index is 1050. The van der Waals surface area contributed by atoms with E-state index in [0.29, 0.717) is 37.2 Å². The molecular weight excluding hydrogens is 370 g/mol. The van der Waals surface area contributed by atoms with Gasteiger partial charge in [0.2, 0.25) is 0 Å². The minimum atomic E-state index is 0. The first-order valence-corrected chi connectivity index (χ1v) is 9.37. The van der Waals surface area contributed by atoms with Gasteiger partial charge >= 0.3 is 0 Å². The lowest BCUT2D eigenvalue weighted by Gasteiger charge is -2.21. The van der Waals surface area contributed by atoms with Crippen LogP contribution in [0.3, 0.4) is 0 Å². The highest BCUT2D eigenvalue weighted by atomic mass is 35.5. The van der Waals surface area contributed by atoms with Gasteiger partial charge in [0.15, 0.2) is 0 Å². The lowest BCUT2D eigenvalue weighted by Crippen LogP contribution is -2.28. The van der Waals surface area contributed by atoms with E-state index in [1.165, 1.54) is 0 Å². The number of pyridine rings is 1. The molecule has 3 aromatic rings. The van der Waals surface area contributed by atoms with E-state index in [-0.39, 0.29) is 18.0 Å². The molecule has 5 heteroatoms. The molecule has 0 aliphatic heterocycles. The van der Waals surface area contributed by atoms with Crippen LogP contribution in [0.25, 0.3) is 21.9 Å². The van der Waals surface area contributed by atoms with Crippen LogP contribution in [-0.4, -0.2) is 11.1 Å². The molecule has 0 radical (unpaired) electrons. The van der Waals surface area contributed by atoms with Gasteiger partial charge in [0.05, 0.1) is 12.5 Å². The predicted octanol–water partition coefficient (Wildman–Crippen LogP) is 4.31. The molecule has 1 aromatic heterocycles. The second kappa shape index (κ2) is 9.54. The maximum absolute atomic E-state index is 13.3. The molecule has 0 saturated carbocycles. The third-order valence-electron chi connectivity index (χ3n) is 4.72. The highest BCUT2D eigenvalue weighted by molar-refractivity contribution is 5.97. The van der Waals surface area contributed by atoms with Crippen molar-refractivity contribution in [3.8, 4) is 17.2 Å². The largest absolute Gasteiger partial charge is 0.330 e. The fourth-order valence-electron chi connectivity index (χ4n) is 3.63. The van der Waals surface area contributed by atoms with Crippen molar-refractivity contribution in [1.82, 2.24) is 4.57 Å². The van der Waals surface area contributed by atoms with Crippen molar-refractivity contribution in [1.29, 1.82) is 5.26 Å².